The van der Waals surface area contributed by atoms with E-state index in [9.17, 15) is 4.79 Å². The van der Waals surface area contributed by atoms with E-state index in [4.69, 9.17) is 0 Å². The smallest absolute Gasteiger partial charge is 0.193 e. The van der Waals surface area contributed by atoms with Gasteiger partial charge in [0, 0.05) is 17.0 Å². The van der Waals surface area contributed by atoms with Crippen molar-refractivity contribution in [2.45, 2.75) is 27.7 Å². The van der Waals surface area contributed by atoms with Crippen molar-refractivity contribution in [2.75, 3.05) is 0 Å². The largest absolute Gasteiger partial charge is 0.289 e. The maximum atomic E-state index is 13.4. The van der Waals surface area contributed by atoms with E-state index in [0.717, 1.165) is 22.1 Å². The summed E-state index contributed by atoms with van der Waals surface area (Å²) in [6.07, 6.45) is 0. The van der Waals surface area contributed by atoms with Gasteiger partial charge in [0.1, 0.15) is 0 Å². The Morgan fingerprint density at radius 3 is 1.96 bits per heavy atom. The molecule has 0 spiro atoms. The molecule has 1 aliphatic carbocycles. The molecule has 1 atom stereocenters. The van der Waals surface area contributed by atoms with Gasteiger partial charge in [0.2, 0.25) is 0 Å². The standard InChI is InChI=1S/C26H24O/c1-16-17(2)19(4)25(18(16)3)23-14-21-12-8-9-13-22(21)15-24(23)26(27)20-10-6-5-7-11-20/h5-15,18H,1-4H3. The summed E-state index contributed by atoms with van der Waals surface area (Å²) >= 11 is 0. The van der Waals surface area contributed by atoms with Gasteiger partial charge in [0.25, 0.3) is 0 Å². The Morgan fingerprint density at radius 1 is 0.778 bits per heavy atom. The van der Waals surface area contributed by atoms with Crippen LogP contribution in [0.1, 0.15) is 49.2 Å². The summed E-state index contributed by atoms with van der Waals surface area (Å²) in [7, 11) is 0. The molecule has 3 aromatic rings. The highest BCUT2D eigenvalue weighted by Gasteiger charge is 2.28. The van der Waals surface area contributed by atoms with Crippen LogP contribution in [0.2, 0.25) is 0 Å². The highest BCUT2D eigenvalue weighted by Crippen LogP contribution is 2.44. The van der Waals surface area contributed by atoms with Gasteiger partial charge >= 0.3 is 0 Å². The van der Waals surface area contributed by atoms with E-state index in [-0.39, 0.29) is 5.78 Å². The minimum absolute atomic E-state index is 0.0889. The predicted molar refractivity (Wildman–Crippen MR) is 114 cm³/mol. The highest BCUT2D eigenvalue weighted by molar-refractivity contribution is 6.14. The van der Waals surface area contributed by atoms with Crippen LogP contribution < -0.4 is 0 Å². The predicted octanol–water partition coefficient (Wildman–Crippen LogP) is 6.83. The lowest BCUT2D eigenvalue weighted by molar-refractivity contribution is 0.103. The molecule has 0 amide bonds. The average molecular weight is 352 g/mol. The molecule has 0 N–H and O–H groups in total. The Labute approximate surface area is 161 Å². The van der Waals surface area contributed by atoms with Crippen molar-refractivity contribution < 1.29 is 4.79 Å². The third kappa shape index (κ3) is 2.84. The van der Waals surface area contributed by atoms with Crippen LogP contribution in [0, 0.1) is 5.92 Å². The van der Waals surface area contributed by atoms with Crippen molar-refractivity contribution in [3.63, 3.8) is 0 Å². The van der Waals surface area contributed by atoms with Crippen LogP contribution in [0.25, 0.3) is 16.3 Å². The summed E-state index contributed by atoms with van der Waals surface area (Å²) in [5.41, 5.74) is 7.94. The molecule has 1 heteroatoms. The topological polar surface area (TPSA) is 17.1 Å². The summed E-state index contributed by atoms with van der Waals surface area (Å²) in [5.74, 6) is 0.416. The molecular formula is C26H24O. The van der Waals surface area contributed by atoms with Gasteiger partial charge in [-0.3, -0.25) is 4.79 Å². The molecule has 4 rings (SSSR count). The van der Waals surface area contributed by atoms with E-state index in [0.29, 0.717) is 5.92 Å². The molecule has 1 unspecified atom stereocenters. The number of benzene rings is 3. The molecule has 3 aromatic carbocycles. The minimum Gasteiger partial charge on any atom is -0.289 e. The molecule has 0 saturated heterocycles. The number of allylic oxidation sites excluding steroid dienone is 4. The van der Waals surface area contributed by atoms with Crippen LogP contribution in [-0.4, -0.2) is 5.78 Å². The molecule has 0 heterocycles. The van der Waals surface area contributed by atoms with E-state index >= 15 is 0 Å². The Morgan fingerprint density at radius 2 is 1.37 bits per heavy atom. The van der Waals surface area contributed by atoms with Gasteiger partial charge in [-0.05, 0) is 66.0 Å². The van der Waals surface area contributed by atoms with Crippen molar-refractivity contribution in [1.29, 1.82) is 0 Å². The molecule has 0 aromatic heterocycles. The summed E-state index contributed by atoms with van der Waals surface area (Å²) in [6, 6.07) is 22.1. The van der Waals surface area contributed by atoms with Crippen LogP contribution in [0.15, 0.2) is 83.4 Å². The summed E-state index contributed by atoms with van der Waals surface area (Å²) < 4.78 is 0. The van der Waals surface area contributed by atoms with Gasteiger partial charge in [-0.25, -0.2) is 0 Å². The number of fused-ring (bicyclic) bond motifs is 1. The highest BCUT2D eigenvalue weighted by atomic mass is 16.1. The van der Waals surface area contributed by atoms with Gasteiger partial charge in [-0.1, -0.05) is 67.1 Å². The van der Waals surface area contributed by atoms with Gasteiger partial charge in [-0.2, -0.15) is 0 Å². The molecule has 27 heavy (non-hydrogen) atoms. The third-order valence-corrected chi connectivity index (χ3v) is 6.10. The summed E-state index contributed by atoms with van der Waals surface area (Å²) in [5, 5.41) is 2.28. The third-order valence-electron chi connectivity index (χ3n) is 6.10. The zero-order chi connectivity index (χ0) is 19.1. The van der Waals surface area contributed by atoms with Gasteiger partial charge in [-0.15, -0.1) is 0 Å². The van der Waals surface area contributed by atoms with Gasteiger partial charge < -0.3 is 0 Å². The van der Waals surface area contributed by atoms with Crippen molar-refractivity contribution >= 4 is 22.1 Å². The number of hydrogen-bond donors (Lipinski definition) is 0. The van der Waals surface area contributed by atoms with Crippen LogP contribution in [-0.2, 0) is 0 Å². The Kier molecular flexibility index (Phi) is 4.31. The molecular weight excluding hydrogens is 328 g/mol. The van der Waals surface area contributed by atoms with Gasteiger partial charge in [0.05, 0.1) is 0 Å². The second kappa shape index (κ2) is 6.66. The lowest BCUT2D eigenvalue weighted by atomic mass is 9.85. The first-order valence-corrected chi connectivity index (χ1v) is 9.50. The molecule has 0 fully saturated rings. The first-order chi connectivity index (χ1) is 13.0. The van der Waals surface area contributed by atoms with E-state index in [1.54, 1.807) is 0 Å². The molecule has 134 valence electrons. The molecule has 0 aliphatic heterocycles. The molecule has 0 radical (unpaired) electrons. The van der Waals surface area contributed by atoms with Crippen molar-refractivity contribution in [3.05, 3.63) is 100 Å². The normalized spacial score (nSPS) is 17.1. The number of hydrogen-bond acceptors (Lipinski definition) is 1. The van der Waals surface area contributed by atoms with E-state index in [1.807, 2.05) is 36.4 Å². The Balaban J connectivity index is 1.99. The molecule has 0 bridgehead atoms. The van der Waals surface area contributed by atoms with E-state index in [2.05, 4.69) is 58.0 Å². The first kappa shape index (κ1) is 17.5. The van der Waals surface area contributed by atoms with Crippen molar-refractivity contribution in [1.82, 2.24) is 0 Å². The maximum absolute atomic E-state index is 13.4. The van der Waals surface area contributed by atoms with Crippen LogP contribution >= 0.6 is 0 Å². The number of ketones is 1. The summed E-state index contributed by atoms with van der Waals surface area (Å²) in [6.45, 7) is 8.82. The first-order valence-electron chi connectivity index (χ1n) is 9.50. The number of carbonyl (C=O) groups excluding carboxylic acids is 1. The number of carbonyl (C=O) groups is 1. The fourth-order valence-corrected chi connectivity index (χ4v) is 4.20. The van der Waals surface area contributed by atoms with E-state index in [1.165, 1.54) is 27.7 Å². The van der Waals surface area contributed by atoms with E-state index < -0.39 is 0 Å². The maximum Gasteiger partial charge on any atom is 0.193 e. The minimum atomic E-state index is 0.0889. The lowest BCUT2D eigenvalue weighted by Gasteiger charge is -2.18. The monoisotopic (exact) mass is 352 g/mol. The SMILES string of the molecule is CC1=C(C)C(C)C(c2cc3ccccc3cc2C(=O)c2ccccc2)=C1C. The van der Waals surface area contributed by atoms with Crippen molar-refractivity contribution in [2.24, 2.45) is 5.92 Å². The van der Waals surface area contributed by atoms with Gasteiger partial charge in [0.15, 0.2) is 5.78 Å². The quantitative estimate of drug-likeness (QED) is 0.472. The van der Waals surface area contributed by atoms with Crippen LogP contribution in [0.4, 0.5) is 0 Å². The fraction of sp³-hybridized carbons (Fsp3) is 0.192. The van der Waals surface area contributed by atoms with Crippen LogP contribution in [0.3, 0.4) is 0 Å². The zero-order valence-electron chi connectivity index (χ0n) is 16.3. The average Bonchev–Trinajstić information content (AvgIpc) is 2.90. The second-order valence-electron chi connectivity index (χ2n) is 7.51. The zero-order valence-corrected chi connectivity index (χ0v) is 16.3. The fourth-order valence-electron chi connectivity index (χ4n) is 4.20. The number of rotatable bonds is 3. The second-order valence-corrected chi connectivity index (χ2v) is 7.51. The molecule has 0 saturated carbocycles. The molecule has 1 aliphatic rings. The van der Waals surface area contributed by atoms with Crippen LogP contribution in [0.5, 0.6) is 0 Å². The lowest BCUT2D eigenvalue weighted by Crippen LogP contribution is -2.08. The molecule has 1 nitrogen and oxygen atoms in total. The Bertz CT molecular complexity index is 1110. The van der Waals surface area contributed by atoms with Crippen molar-refractivity contribution in [3.8, 4) is 0 Å². The summed E-state index contributed by atoms with van der Waals surface area (Å²) in [4.78, 5) is 13.4. The Hall–Kier alpha value is -2.93.